The predicted octanol–water partition coefficient (Wildman–Crippen LogP) is 2.59. The van der Waals surface area contributed by atoms with Crippen molar-refractivity contribution in [1.29, 1.82) is 0 Å². The number of methoxy groups -OCH3 is 1. The molecule has 2 rings (SSSR count). The van der Waals surface area contributed by atoms with Crippen LogP contribution < -0.4 is 10.5 Å². The van der Waals surface area contributed by atoms with E-state index in [-0.39, 0.29) is 0 Å². The van der Waals surface area contributed by atoms with Gasteiger partial charge in [-0.15, -0.1) is 0 Å². The van der Waals surface area contributed by atoms with Crippen LogP contribution in [0.4, 0.5) is 4.39 Å². The molecule has 0 amide bonds. The lowest BCUT2D eigenvalue weighted by molar-refractivity contribution is 0.407. The van der Waals surface area contributed by atoms with Gasteiger partial charge in [0.15, 0.2) is 0 Å². The first-order valence-corrected chi connectivity index (χ1v) is 5.62. The van der Waals surface area contributed by atoms with Crippen LogP contribution in [-0.4, -0.2) is 12.1 Å². The van der Waals surface area contributed by atoms with Crippen molar-refractivity contribution in [3.05, 3.63) is 59.2 Å². The molecule has 0 saturated heterocycles. The van der Waals surface area contributed by atoms with Crippen molar-refractivity contribution in [2.45, 2.75) is 13.0 Å². The number of hydrogen-bond acceptors (Lipinski definition) is 3. The van der Waals surface area contributed by atoms with Crippen molar-refractivity contribution in [1.82, 2.24) is 4.98 Å². The number of benzene rings is 1. The first-order valence-electron chi connectivity index (χ1n) is 5.62. The van der Waals surface area contributed by atoms with Gasteiger partial charge in [0, 0.05) is 11.8 Å². The average Bonchev–Trinajstić information content (AvgIpc) is 2.37. The Kier molecular flexibility index (Phi) is 3.58. The minimum atomic E-state index is -0.455. The van der Waals surface area contributed by atoms with Gasteiger partial charge in [-0.2, -0.15) is 0 Å². The largest absolute Gasteiger partial charge is 0.496 e. The summed E-state index contributed by atoms with van der Waals surface area (Å²) in [6, 6.07) is 6.68. The van der Waals surface area contributed by atoms with Crippen LogP contribution in [0, 0.1) is 12.7 Å². The molecule has 94 valence electrons. The van der Waals surface area contributed by atoms with Crippen molar-refractivity contribution in [2.75, 3.05) is 7.11 Å². The van der Waals surface area contributed by atoms with Gasteiger partial charge >= 0.3 is 0 Å². The third-order valence-electron chi connectivity index (χ3n) is 2.81. The second kappa shape index (κ2) is 5.14. The van der Waals surface area contributed by atoms with E-state index in [1.807, 2.05) is 25.1 Å². The van der Waals surface area contributed by atoms with E-state index in [9.17, 15) is 4.39 Å². The number of aromatic nitrogens is 1. The molecule has 0 fully saturated rings. The molecule has 4 heteroatoms. The van der Waals surface area contributed by atoms with Crippen molar-refractivity contribution in [3.63, 3.8) is 0 Å². The molecule has 0 spiro atoms. The predicted molar refractivity (Wildman–Crippen MR) is 68.0 cm³/mol. The van der Waals surface area contributed by atoms with Gasteiger partial charge in [0.2, 0.25) is 0 Å². The van der Waals surface area contributed by atoms with Gasteiger partial charge < -0.3 is 10.5 Å². The Balaban J connectivity index is 2.42. The maximum atomic E-state index is 13.1. The van der Waals surface area contributed by atoms with Crippen molar-refractivity contribution >= 4 is 0 Å². The number of ether oxygens (including phenoxy) is 1. The Bertz CT molecular complexity index is 557. The number of halogens is 1. The molecule has 2 aromatic rings. The maximum absolute atomic E-state index is 13.1. The highest BCUT2D eigenvalue weighted by molar-refractivity contribution is 5.43. The summed E-state index contributed by atoms with van der Waals surface area (Å²) >= 11 is 0. The molecule has 0 radical (unpaired) electrons. The lowest BCUT2D eigenvalue weighted by atomic mass is 9.99. The number of nitrogens with two attached hydrogens (primary N) is 1. The molecular formula is C14H15FN2O. The number of nitrogens with zero attached hydrogens (tertiary/aromatic N) is 1. The molecule has 18 heavy (non-hydrogen) atoms. The highest BCUT2D eigenvalue weighted by Crippen LogP contribution is 2.29. The number of aryl methyl sites for hydroxylation is 1. The van der Waals surface area contributed by atoms with Gasteiger partial charge in [-0.25, -0.2) is 4.39 Å². The molecular weight excluding hydrogens is 231 g/mol. The third kappa shape index (κ3) is 2.49. The summed E-state index contributed by atoms with van der Waals surface area (Å²) in [6.07, 6.45) is 2.72. The quantitative estimate of drug-likeness (QED) is 0.905. The molecule has 0 saturated carbocycles. The van der Waals surface area contributed by atoms with Crippen molar-refractivity contribution in [3.8, 4) is 5.75 Å². The second-order valence-corrected chi connectivity index (χ2v) is 4.16. The average molecular weight is 246 g/mol. The second-order valence-electron chi connectivity index (χ2n) is 4.16. The zero-order valence-corrected chi connectivity index (χ0v) is 10.4. The Morgan fingerprint density at radius 3 is 2.72 bits per heavy atom. The summed E-state index contributed by atoms with van der Waals surface area (Å²) in [5, 5.41) is 0. The van der Waals surface area contributed by atoms with Crippen molar-refractivity contribution < 1.29 is 9.13 Å². The number of rotatable bonds is 3. The van der Waals surface area contributed by atoms with Gasteiger partial charge in [-0.1, -0.05) is 12.1 Å². The Labute approximate surface area is 105 Å². The van der Waals surface area contributed by atoms with Gasteiger partial charge in [-0.3, -0.25) is 4.98 Å². The van der Waals surface area contributed by atoms with Crippen molar-refractivity contribution in [2.24, 2.45) is 5.73 Å². The SMILES string of the molecule is COc1cc(C)ccc1C(N)c1cncc(F)c1. The summed E-state index contributed by atoms with van der Waals surface area (Å²) in [7, 11) is 1.59. The fourth-order valence-corrected chi connectivity index (χ4v) is 1.85. The van der Waals surface area contributed by atoms with Crippen LogP contribution in [0.1, 0.15) is 22.7 Å². The highest BCUT2D eigenvalue weighted by atomic mass is 19.1. The maximum Gasteiger partial charge on any atom is 0.141 e. The monoisotopic (exact) mass is 246 g/mol. The van der Waals surface area contributed by atoms with Crippen LogP contribution >= 0.6 is 0 Å². The topological polar surface area (TPSA) is 48.1 Å². The lowest BCUT2D eigenvalue weighted by Crippen LogP contribution is -2.13. The third-order valence-corrected chi connectivity index (χ3v) is 2.81. The van der Waals surface area contributed by atoms with E-state index in [0.29, 0.717) is 11.3 Å². The van der Waals surface area contributed by atoms with Gasteiger partial charge in [0.25, 0.3) is 0 Å². The number of pyridine rings is 1. The fourth-order valence-electron chi connectivity index (χ4n) is 1.85. The summed E-state index contributed by atoms with van der Waals surface area (Å²) < 4.78 is 18.4. The van der Waals surface area contributed by atoms with E-state index >= 15 is 0 Å². The summed E-state index contributed by atoms with van der Waals surface area (Å²) in [5.41, 5.74) is 8.65. The molecule has 1 aromatic heterocycles. The number of hydrogen-bond donors (Lipinski definition) is 1. The summed E-state index contributed by atoms with van der Waals surface area (Å²) in [5.74, 6) is 0.306. The molecule has 0 aliphatic heterocycles. The van der Waals surface area contributed by atoms with Crippen LogP contribution in [0.5, 0.6) is 5.75 Å². The van der Waals surface area contributed by atoms with E-state index < -0.39 is 11.9 Å². The Morgan fingerprint density at radius 2 is 2.06 bits per heavy atom. The van der Waals surface area contributed by atoms with Crippen LogP contribution in [-0.2, 0) is 0 Å². The van der Waals surface area contributed by atoms with E-state index in [4.69, 9.17) is 10.5 Å². The zero-order chi connectivity index (χ0) is 13.1. The molecule has 1 heterocycles. The molecule has 0 bridgehead atoms. The molecule has 3 nitrogen and oxygen atoms in total. The van der Waals surface area contributed by atoms with Crippen LogP contribution in [0.2, 0.25) is 0 Å². The minimum absolute atomic E-state index is 0.394. The lowest BCUT2D eigenvalue weighted by Gasteiger charge is -2.16. The van der Waals surface area contributed by atoms with Gasteiger partial charge in [0.1, 0.15) is 11.6 Å². The normalized spacial score (nSPS) is 12.2. The van der Waals surface area contributed by atoms with Crippen LogP contribution in [0.15, 0.2) is 36.7 Å². The first kappa shape index (κ1) is 12.5. The summed E-state index contributed by atoms with van der Waals surface area (Å²) in [6.45, 7) is 1.97. The fraction of sp³-hybridized carbons (Fsp3) is 0.214. The molecule has 0 aliphatic rings. The van der Waals surface area contributed by atoms with Crippen LogP contribution in [0.3, 0.4) is 0 Å². The van der Waals surface area contributed by atoms with E-state index in [2.05, 4.69) is 4.98 Å². The standard InChI is InChI=1S/C14H15FN2O/c1-9-3-4-12(13(5-9)18-2)14(16)10-6-11(15)8-17-7-10/h3-8,14H,16H2,1-2H3. The van der Waals surface area contributed by atoms with E-state index in [0.717, 1.165) is 17.3 Å². The Morgan fingerprint density at radius 1 is 1.28 bits per heavy atom. The molecule has 1 atom stereocenters. The van der Waals surface area contributed by atoms with Gasteiger partial charge in [-0.05, 0) is 30.2 Å². The van der Waals surface area contributed by atoms with E-state index in [1.165, 1.54) is 6.07 Å². The van der Waals surface area contributed by atoms with E-state index in [1.54, 1.807) is 13.3 Å². The Hall–Kier alpha value is -1.94. The van der Waals surface area contributed by atoms with Gasteiger partial charge in [0.05, 0.1) is 19.3 Å². The first-order chi connectivity index (χ1) is 8.61. The smallest absolute Gasteiger partial charge is 0.141 e. The highest BCUT2D eigenvalue weighted by Gasteiger charge is 2.15. The summed E-state index contributed by atoms with van der Waals surface area (Å²) in [4.78, 5) is 3.81. The van der Waals surface area contributed by atoms with Crippen LogP contribution in [0.25, 0.3) is 0 Å². The molecule has 2 N–H and O–H groups in total. The molecule has 0 aliphatic carbocycles. The molecule has 1 unspecified atom stereocenters. The minimum Gasteiger partial charge on any atom is -0.496 e. The zero-order valence-electron chi connectivity index (χ0n) is 10.4. The molecule has 1 aromatic carbocycles.